The molecule has 0 aliphatic carbocycles. The highest BCUT2D eigenvalue weighted by atomic mass is 31.2. The van der Waals surface area contributed by atoms with E-state index in [1.165, 1.54) is 7.11 Å². The third-order valence-electron chi connectivity index (χ3n) is 4.91. The molecule has 1 atom stereocenters. The number of ether oxygens (including phenoxy) is 1. The molecule has 0 aliphatic rings. The van der Waals surface area contributed by atoms with Crippen LogP contribution in [0.15, 0.2) is 12.3 Å². The second-order valence-corrected chi connectivity index (χ2v) is 8.44. The van der Waals surface area contributed by atoms with Crippen molar-refractivity contribution in [3.63, 3.8) is 0 Å². The Hall–Kier alpha value is -2.24. The summed E-state index contributed by atoms with van der Waals surface area (Å²) >= 11 is 0. The van der Waals surface area contributed by atoms with Gasteiger partial charge in [-0.2, -0.15) is 0 Å². The fourth-order valence-corrected chi connectivity index (χ4v) is 4.07. The van der Waals surface area contributed by atoms with Gasteiger partial charge in [0.05, 0.1) is 7.11 Å². The lowest BCUT2D eigenvalue weighted by molar-refractivity contribution is 0.355. The van der Waals surface area contributed by atoms with Gasteiger partial charge in [-0.05, 0) is 50.8 Å². The molecule has 0 aliphatic heterocycles. The number of benzene rings is 1. The van der Waals surface area contributed by atoms with E-state index in [9.17, 15) is 14.6 Å². The first-order valence-electron chi connectivity index (χ1n) is 9.25. The molecule has 154 valence electrons. The first-order chi connectivity index (χ1) is 13.2. The van der Waals surface area contributed by atoms with Gasteiger partial charge in [-0.15, -0.1) is 0 Å². The van der Waals surface area contributed by atoms with Crippen molar-refractivity contribution >= 4 is 13.4 Å². The van der Waals surface area contributed by atoms with Gasteiger partial charge in [0, 0.05) is 22.9 Å². The van der Waals surface area contributed by atoms with Crippen molar-refractivity contribution < 1.29 is 23.8 Å². The molecule has 1 aromatic heterocycles. The number of rotatable bonds is 8. The summed E-state index contributed by atoms with van der Waals surface area (Å²) in [6, 6.07) is 1.88. The Morgan fingerprint density at radius 3 is 2.32 bits per heavy atom. The van der Waals surface area contributed by atoms with Crippen LogP contribution in [0.3, 0.4) is 0 Å². The summed E-state index contributed by atoms with van der Waals surface area (Å²) in [6.45, 7) is 9.36. The number of methoxy groups -OCH3 is 1. The zero-order chi connectivity index (χ0) is 21.1. The van der Waals surface area contributed by atoms with E-state index in [1.807, 2.05) is 33.8 Å². The predicted molar refractivity (Wildman–Crippen MR) is 111 cm³/mol. The Labute approximate surface area is 166 Å². The van der Waals surface area contributed by atoms with Crippen molar-refractivity contribution in [1.82, 2.24) is 4.98 Å². The van der Waals surface area contributed by atoms with Crippen LogP contribution in [-0.4, -0.2) is 28.4 Å². The van der Waals surface area contributed by atoms with Gasteiger partial charge < -0.3 is 24.6 Å². The number of aromatic hydroxyl groups is 1. The molecule has 1 aromatic carbocycles. The van der Waals surface area contributed by atoms with E-state index in [4.69, 9.17) is 9.26 Å². The third-order valence-corrected chi connectivity index (χ3v) is 5.94. The minimum atomic E-state index is -4.05. The monoisotopic (exact) mass is 408 g/mol. The highest BCUT2D eigenvalue weighted by Gasteiger charge is 2.28. The molecular formula is C20H29N2O5P. The molecule has 0 bridgehead atoms. The standard InChI is InChI=1S/C20H29N2O5P/c1-7-15-14(5)17(23)19(26-6)16(8-2)18(15)27-28(24,25)11-22-20-13(4)12(3)9-10-21-20/h9-10,23H,7-8,11H2,1-6H3,(H,21,22)(H,24,25). The molecule has 0 saturated heterocycles. The molecule has 8 heteroatoms. The van der Waals surface area contributed by atoms with Crippen LogP contribution in [0.1, 0.15) is 41.7 Å². The van der Waals surface area contributed by atoms with E-state index in [2.05, 4.69) is 10.3 Å². The number of phenols is 1. The average Bonchev–Trinajstić information content (AvgIpc) is 2.65. The summed E-state index contributed by atoms with van der Waals surface area (Å²) in [7, 11) is -2.59. The number of aryl methyl sites for hydroxylation is 1. The SMILES string of the molecule is CCc1c(C)c(O)c(OC)c(CC)c1OP(=O)(O)CNc1nccc(C)c1C. The average molecular weight is 408 g/mol. The highest BCUT2D eigenvalue weighted by molar-refractivity contribution is 7.53. The lowest BCUT2D eigenvalue weighted by atomic mass is 9.97. The van der Waals surface area contributed by atoms with E-state index < -0.39 is 7.60 Å². The number of anilines is 1. The Morgan fingerprint density at radius 2 is 1.75 bits per heavy atom. The summed E-state index contributed by atoms with van der Waals surface area (Å²) in [6.07, 6.45) is 2.37. The van der Waals surface area contributed by atoms with E-state index >= 15 is 0 Å². The molecule has 0 radical (unpaired) electrons. The van der Waals surface area contributed by atoms with Crippen molar-refractivity contribution in [2.75, 3.05) is 18.7 Å². The number of hydrogen-bond donors (Lipinski definition) is 3. The van der Waals surface area contributed by atoms with Crippen LogP contribution in [0.5, 0.6) is 17.2 Å². The summed E-state index contributed by atoms with van der Waals surface area (Å²) in [5.41, 5.74) is 3.78. The molecule has 28 heavy (non-hydrogen) atoms. The van der Waals surface area contributed by atoms with Gasteiger partial charge in [-0.1, -0.05) is 13.8 Å². The fourth-order valence-electron chi connectivity index (χ4n) is 3.15. The van der Waals surface area contributed by atoms with Crippen LogP contribution in [0, 0.1) is 20.8 Å². The number of nitrogens with zero attached hydrogens (tertiary/aromatic N) is 1. The summed E-state index contributed by atoms with van der Waals surface area (Å²) in [5.74, 6) is 1.16. The van der Waals surface area contributed by atoms with Crippen LogP contribution in [-0.2, 0) is 17.4 Å². The topological polar surface area (TPSA) is 101 Å². The van der Waals surface area contributed by atoms with Crippen molar-refractivity contribution in [2.45, 2.75) is 47.5 Å². The van der Waals surface area contributed by atoms with Crippen molar-refractivity contribution in [1.29, 1.82) is 0 Å². The van der Waals surface area contributed by atoms with Crippen molar-refractivity contribution in [3.8, 4) is 17.2 Å². The largest absolute Gasteiger partial charge is 0.504 e. The molecule has 0 amide bonds. The molecule has 3 N–H and O–H groups in total. The Kier molecular flexibility index (Phi) is 6.96. The van der Waals surface area contributed by atoms with E-state index in [1.54, 1.807) is 13.1 Å². The second kappa shape index (κ2) is 8.84. The van der Waals surface area contributed by atoms with Gasteiger partial charge in [0.25, 0.3) is 0 Å². The van der Waals surface area contributed by atoms with Crippen LogP contribution in [0.4, 0.5) is 5.82 Å². The molecular weight excluding hydrogens is 379 g/mol. The number of pyridine rings is 1. The molecule has 2 aromatic rings. The maximum absolute atomic E-state index is 12.8. The Balaban J connectivity index is 2.38. The molecule has 0 saturated carbocycles. The smallest absolute Gasteiger partial charge is 0.395 e. The Morgan fingerprint density at radius 1 is 1.11 bits per heavy atom. The van der Waals surface area contributed by atoms with Gasteiger partial charge in [0.2, 0.25) is 0 Å². The van der Waals surface area contributed by atoms with Crippen LogP contribution in [0.2, 0.25) is 0 Å². The first-order valence-corrected chi connectivity index (χ1v) is 11.0. The van der Waals surface area contributed by atoms with E-state index in [-0.39, 0.29) is 17.8 Å². The zero-order valence-electron chi connectivity index (χ0n) is 17.3. The molecule has 7 nitrogen and oxygen atoms in total. The maximum atomic E-state index is 12.8. The van der Waals surface area contributed by atoms with Gasteiger partial charge in [0.1, 0.15) is 17.9 Å². The van der Waals surface area contributed by atoms with Gasteiger partial charge >= 0.3 is 7.60 Å². The number of hydrogen-bond acceptors (Lipinski definition) is 6. The number of aromatic nitrogens is 1. The van der Waals surface area contributed by atoms with Gasteiger partial charge in [-0.3, -0.25) is 0 Å². The second-order valence-electron chi connectivity index (χ2n) is 6.67. The lowest BCUT2D eigenvalue weighted by Gasteiger charge is -2.23. The lowest BCUT2D eigenvalue weighted by Crippen LogP contribution is -2.11. The zero-order valence-corrected chi connectivity index (χ0v) is 18.2. The summed E-state index contributed by atoms with van der Waals surface area (Å²) in [4.78, 5) is 14.7. The minimum Gasteiger partial charge on any atom is -0.504 e. The normalized spacial score (nSPS) is 13.1. The van der Waals surface area contributed by atoms with Gasteiger partial charge in [-0.25, -0.2) is 9.55 Å². The first kappa shape index (κ1) is 22.1. The molecule has 1 heterocycles. The third kappa shape index (κ3) is 4.42. The van der Waals surface area contributed by atoms with E-state index in [0.717, 1.165) is 11.1 Å². The fraction of sp³-hybridized carbons (Fsp3) is 0.450. The van der Waals surface area contributed by atoms with E-state index in [0.29, 0.717) is 41.1 Å². The molecule has 0 spiro atoms. The maximum Gasteiger partial charge on any atom is 0.395 e. The number of nitrogens with one attached hydrogen (secondary N) is 1. The minimum absolute atomic E-state index is 0.0361. The quantitative estimate of drug-likeness (QED) is 0.554. The summed E-state index contributed by atoms with van der Waals surface area (Å²) in [5, 5.41) is 13.3. The predicted octanol–water partition coefficient (Wildman–Crippen LogP) is 4.48. The van der Waals surface area contributed by atoms with Gasteiger partial charge in [0.15, 0.2) is 11.5 Å². The van der Waals surface area contributed by atoms with Crippen molar-refractivity contribution in [3.05, 3.63) is 40.1 Å². The molecule has 1 unspecified atom stereocenters. The molecule has 0 fully saturated rings. The summed E-state index contributed by atoms with van der Waals surface area (Å²) < 4.78 is 23.8. The van der Waals surface area contributed by atoms with Crippen LogP contribution in [0.25, 0.3) is 0 Å². The van der Waals surface area contributed by atoms with Crippen molar-refractivity contribution in [2.24, 2.45) is 0 Å². The number of phenolic OH excluding ortho intramolecular Hbond substituents is 1. The highest BCUT2D eigenvalue weighted by Crippen LogP contribution is 2.50. The van der Waals surface area contributed by atoms with Crippen LogP contribution < -0.4 is 14.6 Å². The van der Waals surface area contributed by atoms with Crippen LogP contribution >= 0.6 is 7.60 Å². The molecule has 2 rings (SSSR count). The Bertz CT molecular complexity index is 914.